The summed E-state index contributed by atoms with van der Waals surface area (Å²) in [5.74, 6) is 4.96. The highest BCUT2D eigenvalue weighted by Crippen LogP contribution is 2.34. The van der Waals surface area contributed by atoms with Crippen molar-refractivity contribution in [2.45, 2.75) is 66.1 Å². The number of amides is 2. The van der Waals surface area contributed by atoms with E-state index in [1.165, 1.54) is 6.21 Å². The van der Waals surface area contributed by atoms with Gasteiger partial charge in [-0.3, -0.25) is 24.3 Å². The molecule has 0 bridgehead atoms. The number of aldehydes is 1. The maximum absolute atomic E-state index is 13.9. The number of carbonyl (C=O) groups is 3. The first-order valence-corrected chi connectivity index (χ1v) is 18.4. The minimum absolute atomic E-state index is 0.0752. The lowest BCUT2D eigenvalue weighted by Gasteiger charge is -2.37. The Balaban J connectivity index is 1.32. The number of aromatic amines is 1. The third-order valence-corrected chi connectivity index (χ3v) is 10.1. The van der Waals surface area contributed by atoms with Gasteiger partial charge in [-0.25, -0.2) is 0 Å². The highest BCUT2D eigenvalue weighted by molar-refractivity contribution is 6.60. The number of anilines is 1. The van der Waals surface area contributed by atoms with Gasteiger partial charge in [0.1, 0.15) is 6.29 Å². The van der Waals surface area contributed by atoms with Crippen LogP contribution in [0.1, 0.15) is 64.5 Å². The molecule has 0 atom stereocenters. The molecule has 2 aromatic carbocycles. The normalized spacial score (nSPS) is 15.8. The highest BCUT2D eigenvalue weighted by atomic mass is 16.5. The second kappa shape index (κ2) is 18.6. The summed E-state index contributed by atoms with van der Waals surface area (Å²) >= 11 is 0. The van der Waals surface area contributed by atoms with Crippen LogP contribution >= 0.6 is 0 Å². The molecule has 3 aromatic rings. The number of aromatic nitrogens is 1. The van der Waals surface area contributed by atoms with E-state index in [1.807, 2.05) is 32.9 Å². The van der Waals surface area contributed by atoms with Crippen LogP contribution in [0.5, 0.6) is 0 Å². The Morgan fingerprint density at radius 1 is 1.04 bits per heavy atom. The predicted octanol–water partition coefficient (Wildman–Crippen LogP) is 3.52. The largest absolute Gasteiger partial charge is 0.381 e. The van der Waals surface area contributed by atoms with Crippen LogP contribution in [0, 0.1) is 20.8 Å². The summed E-state index contributed by atoms with van der Waals surface area (Å²) in [7, 11) is 0. The number of hydrogen-bond acceptors (Lipinski definition) is 10. The number of piperazine rings is 1. The second-order valence-corrected chi connectivity index (χ2v) is 13.7. The number of H-pyrrole nitrogens is 1. The van der Waals surface area contributed by atoms with Crippen molar-refractivity contribution in [1.29, 1.82) is 0 Å². The van der Waals surface area contributed by atoms with E-state index < -0.39 is 0 Å². The molecule has 0 radical (unpaired) electrons. The first kappa shape index (κ1) is 39.1. The molecule has 2 aliphatic heterocycles. The van der Waals surface area contributed by atoms with Crippen LogP contribution in [0.3, 0.4) is 0 Å². The Morgan fingerprint density at radius 2 is 1.75 bits per heavy atom. The Bertz CT molecular complexity index is 1870. The van der Waals surface area contributed by atoms with Crippen molar-refractivity contribution in [3.05, 3.63) is 86.3 Å². The van der Waals surface area contributed by atoms with E-state index in [0.29, 0.717) is 56.6 Å². The molecule has 0 saturated carbocycles. The number of rotatable bonds is 14. The van der Waals surface area contributed by atoms with Crippen LogP contribution in [0.15, 0.2) is 57.4 Å². The van der Waals surface area contributed by atoms with Crippen LogP contribution < -0.4 is 21.6 Å². The van der Waals surface area contributed by atoms with Crippen molar-refractivity contribution in [3.8, 4) is 11.1 Å². The summed E-state index contributed by atoms with van der Waals surface area (Å²) in [6, 6.07) is 14.8. The van der Waals surface area contributed by atoms with E-state index in [4.69, 9.17) is 10.6 Å². The summed E-state index contributed by atoms with van der Waals surface area (Å²) in [5, 5.41) is 6.64. The van der Waals surface area contributed by atoms with Crippen LogP contribution in [-0.4, -0.2) is 103 Å². The molecule has 4 N–H and O–H groups in total. The lowest BCUT2D eigenvalue weighted by Crippen LogP contribution is -2.50. The standard InChI is InChI=1S/C40H52N8O5/c1-5-48(33-11-19-53-20-12-33)37-23-32(22-34(29(37)4)38(50)43-24-35-27(2)21-28(3)44-39(35)51)31-9-7-30(8-10-31)26-46-14-16-47(17-15-46)40(52)36(45-41)25-42-13-6-18-49/h7-10,18,21-23,25,33H,5-6,11-17,19-20,24,26,41H2,1-4H3,(H,43,50)(H,44,51). The van der Waals surface area contributed by atoms with Gasteiger partial charge in [0.05, 0.1) is 6.21 Å². The number of ether oxygens (including phenoxy) is 1. The van der Waals surface area contributed by atoms with Gasteiger partial charge in [-0.1, -0.05) is 24.3 Å². The zero-order valence-corrected chi connectivity index (χ0v) is 31.3. The van der Waals surface area contributed by atoms with E-state index in [-0.39, 0.29) is 42.6 Å². The molecule has 13 heteroatoms. The summed E-state index contributed by atoms with van der Waals surface area (Å²) in [5.41, 5.74) is 7.64. The molecule has 2 fully saturated rings. The molecule has 0 aliphatic carbocycles. The SMILES string of the molecule is CCN(c1cc(-c2ccc(CN3CCN(C(=O)C(C=NCCC=O)=NN)CC3)cc2)cc(C(=O)NCc2c(C)cc(C)[nH]c2=O)c1C)C1CCOCC1. The zero-order valence-electron chi connectivity index (χ0n) is 31.3. The smallest absolute Gasteiger partial charge is 0.275 e. The van der Waals surface area contributed by atoms with E-state index in [1.54, 1.807) is 4.90 Å². The number of pyridine rings is 1. The maximum atomic E-state index is 13.9. The Hall–Kier alpha value is -5.14. The number of hydrazone groups is 1. The molecule has 282 valence electrons. The molecule has 13 nitrogen and oxygen atoms in total. The van der Waals surface area contributed by atoms with Gasteiger partial charge in [-0.2, -0.15) is 5.10 Å². The molecule has 5 rings (SSSR count). The number of hydrogen-bond donors (Lipinski definition) is 3. The lowest BCUT2D eigenvalue weighted by molar-refractivity contribution is -0.125. The van der Waals surface area contributed by atoms with Crippen molar-refractivity contribution in [1.82, 2.24) is 20.1 Å². The average Bonchev–Trinajstić information content (AvgIpc) is 3.16. The molecule has 1 aromatic heterocycles. The Kier molecular flexibility index (Phi) is 13.7. The van der Waals surface area contributed by atoms with Gasteiger partial charge < -0.3 is 35.5 Å². The molecule has 0 spiro atoms. The van der Waals surface area contributed by atoms with Gasteiger partial charge in [0.25, 0.3) is 17.4 Å². The zero-order chi connectivity index (χ0) is 37.9. The summed E-state index contributed by atoms with van der Waals surface area (Å²) in [6.45, 7) is 13.7. The van der Waals surface area contributed by atoms with Crippen LogP contribution in [0.4, 0.5) is 5.69 Å². The lowest BCUT2D eigenvalue weighted by atomic mass is 9.94. The molecule has 2 aliphatic rings. The number of nitrogens with two attached hydrogens (primary N) is 1. The van der Waals surface area contributed by atoms with Gasteiger partial charge in [0.15, 0.2) is 5.71 Å². The van der Waals surface area contributed by atoms with Gasteiger partial charge >= 0.3 is 0 Å². The topological polar surface area (TPSA) is 166 Å². The predicted molar refractivity (Wildman–Crippen MR) is 209 cm³/mol. The maximum Gasteiger partial charge on any atom is 0.275 e. The van der Waals surface area contributed by atoms with E-state index in [2.05, 4.69) is 67.4 Å². The fourth-order valence-electron chi connectivity index (χ4n) is 7.14. The van der Waals surface area contributed by atoms with Crippen molar-refractivity contribution in [2.75, 3.05) is 57.4 Å². The second-order valence-electron chi connectivity index (χ2n) is 13.7. The molecule has 0 unspecified atom stereocenters. The molecule has 2 amide bonds. The fraction of sp³-hybridized carbons (Fsp3) is 0.450. The van der Waals surface area contributed by atoms with Gasteiger partial charge in [0.2, 0.25) is 0 Å². The number of benzene rings is 2. The first-order chi connectivity index (χ1) is 25.6. The van der Waals surface area contributed by atoms with E-state index in [9.17, 15) is 19.2 Å². The summed E-state index contributed by atoms with van der Waals surface area (Å²) in [6.07, 6.45) is 4.23. The third-order valence-electron chi connectivity index (χ3n) is 10.1. The van der Waals surface area contributed by atoms with Crippen molar-refractivity contribution in [3.63, 3.8) is 0 Å². The van der Waals surface area contributed by atoms with Crippen molar-refractivity contribution >= 4 is 35.7 Å². The van der Waals surface area contributed by atoms with Crippen LogP contribution in [0.25, 0.3) is 11.1 Å². The minimum Gasteiger partial charge on any atom is -0.381 e. The number of aliphatic imine (C=N–C) groups is 1. The van der Waals surface area contributed by atoms with Gasteiger partial charge in [-0.15, -0.1) is 0 Å². The number of nitrogens with one attached hydrogen (secondary N) is 2. The average molecular weight is 725 g/mol. The fourth-order valence-corrected chi connectivity index (χ4v) is 7.14. The number of aryl methyl sites for hydroxylation is 2. The van der Waals surface area contributed by atoms with Gasteiger partial charge in [0, 0.05) is 101 Å². The van der Waals surface area contributed by atoms with E-state index in [0.717, 1.165) is 71.4 Å². The number of carbonyl (C=O) groups excluding carboxylic acids is 3. The van der Waals surface area contributed by atoms with Gasteiger partial charge in [-0.05, 0) is 86.6 Å². The monoisotopic (exact) mass is 724 g/mol. The third kappa shape index (κ3) is 9.85. The Labute approximate surface area is 311 Å². The molecular weight excluding hydrogens is 672 g/mol. The van der Waals surface area contributed by atoms with E-state index >= 15 is 0 Å². The summed E-state index contributed by atoms with van der Waals surface area (Å²) in [4.78, 5) is 63.4. The van der Waals surface area contributed by atoms with Crippen molar-refractivity contribution in [2.24, 2.45) is 15.9 Å². The molecule has 3 heterocycles. The van der Waals surface area contributed by atoms with Crippen molar-refractivity contribution < 1.29 is 19.1 Å². The van der Waals surface area contributed by atoms with Crippen LogP contribution in [0.2, 0.25) is 0 Å². The molecule has 53 heavy (non-hydrogen) atoms. The summed E-state index contributed by atoms with van der Waals surface area (Å²) < 4.78 is 5.67. The Morgan fingerprint density at radius 3 is 2.40 bits per heavy atom. The molecule has 2 saturated heterocycles. The minimum atomic E-state index is -0.269. The first-order valence-electron chi connectivity index (χ1n) is 18.4. The number of nitrogens with zero attached hydrogens (tertiary/aromatic N) is 5. The molecular formula is C40H52N8O5. The quantitative estimate of drug-likeness (QED) is 0.0747. The van der Waals surface area contributed by atoms with Crippen LogP contribution in [-0.2, 0) is 27.4 Å². The highest BCUT2D eigenvalue weighted by Gasteiger charge is 2.26.